The van der Waals surface area contributed by atoms with Gasteiger partial charge in [-0.15, -0.1) is 0 Å². The topological polar surface area (TPSA) is 17.3 Å². The maximum atomic E-state index is 4.69. The summed E-state index contributed by atoms with van der Waals surface area (Å²) in [6, 6.07) is 2.32. The van der Waals surface area contributed by atoms with Crippen LogP contribution < -0.4 is 0 Å². The van der Waals surface area contributed by atoms with Gasteiger partial charge in [-0.3, -0.25) is 0 Å². The molecule has 0 aliphatic heterocycles. The lowest BCUT2D eigenvalue weighted by molar-refractivity contribution is 0.787. The van der Waals surface area contributed by atoms with Crippen LogP contribution in [-0.4, -0.2) is 9.38 Å². The van der Waals surface area contributed by atoms with E-state index in [0.29, 0.717) is 17.8 Å². The second-order valence-electron chi connectivity index (χ2n) is 6.07. The molecule has 0 amide bonds. The Balaban J connectivity index is 2.71. The van der Waals surface area contributed by atoms with Gasteiger partial charge in [0.05, 0.1) is 0 Å². The summed E-state index contributed by atoms with van der Waals surface area (Å²) in [7, 11) is 0. The molecule has 0 unspecified atom stereocenters. The second kappa shape index (κ2) is 4.75. The molecular formula is C16H24N2. The molecular weight excluding hydrogens is 220 g/mol. The number of aromatic nitrogens is 2. The Morgan fingerprint density at radius 3 is 2.11 bits per heavy atom. The minimum Gasteiger partial charge on any atom is -0.305 e. The Morgan fingerprint density at radius 2 is 1.61 bits per heavy atom. The first kappa shape index (κ1) is 13.1. The zero-order valence-electron chi connectivity index (χ0n) is 12.4. The van der Waals surface area contributed by atoms with Crippen LogP contribution >= 0.6 is 0 Å². The van der Waals surface area contributed by atoms with Crippen molar-refractivity contribution in [2.75, 3.05) is 0 Å². The van der Waals surface area contributed by atoms with Gasteiger partial charge in [-0.2, -0.15) is 0 Å². The van der Waals surface area contributed by atoms with Gasteiger partial charge in [0.15, 0.2) is 0 Å². The van der Waals surface area contributed by atoms with Crippen LogP contribution in [0.15, 0.2) is 18.5 Å². The first-order valence-electron chi connectivity index (χ1n) is 6.92. The highest BCUT2D eigenvalue weighted by atomic mass is 15.0. The molecule has 0 aliphatic rings. The third-order valence-electron chi connectivity index (χ3n) is 3.56. The van der Waals surface area contributed by atoms with Gasteiger partial charge in [0.25, 0.3) is 0 Å². The summed E-state index contributed by atoms with van der Waals surface area (Å²) in [4.78, 5) is 4.69. The van der Waals surface area contributed by atoms with Crippen molar-refractivity contribution in [3.05, 3.63) is 35.3 Å². The maximum absolute atomic E-state index is 4.69. The van der Waals surface area contributed by atoms with Gasteiger partial charge in [-0.25, -0.2) is 4.98 Å². The third kappa shape index (κ3) is 2.16. The lowest BCUT2D eigenvalue weighted by Gasteiger charge is -2.10. The standard InChI is InChI=1S/C16H24N2/c1-10(2)13-8-17-16-14(11(3)4)7-15(12(5)6)18(16)9-13/h7-12H,1-6H3. The van der Waals surface area contributed by atoms with Crippen LogP contribution in [0.4, 0.5) is 0 Å². The van der Waals surface area contributed by atoms with E-state index in [9.17, 15) is 0 Å². The van der Waals surface area contributed by atoms with Crippen molar-refractivity contribution in [1.82, 2.24) is 9.38 Å². The molecule has 0 saturated heterocycles. The van der Waals surface area contributed by atoms with E-state index in [2.05, 4.69) is 63.2 Å². The van der Waals surface area contributed by atoms with Gasteiger partial charge in [0.1, 0.15) is 5.65 Å². The Morgan fingerprint density at radius 1 is 0.944 bits per heavy atom. The van der Waals surface area contributed by atoms with Crippen molar-refractivity contribution in [3.8, 4) is 0 Å². The molecule has 0 saturated carbocycles. The van der Waals surface area contributed by atoms with E-state index in [1.54, 1.807) is 0 Å². The second-order valence-corrected chi connectivity index (χ2v) is 6.07. The summed E-state index contributed by atoms with van der Waals surface area (Å²) in [5, 5.41) is 0. The van der Waals surface area contributed by atoms with Crippen molar-refractivity contribution in [2.45, 2.75) is 59.3 Å². The van der Waals surface area contributed by atoms with Crippen LogP contribution in [0, 0.1) is 0 Å². The van der Waals surface area contributed by atoms with E-state index in [4.69, 9.17) is 0 Å². The Bertz CT molecular complexity index is 547. The van der Waals surface area contributed by atoms with Gasteiger partial charge in [0.2, 0.25) is 0 Å². The number of nitrogens with zero attached hydrogens (tertiary/aromatic N) is 2. The fourth-order valence-corrected chi connectivity index (χ4v) is 2.31. The number of hydrogen-bond acceptors (Lipinski definition) is 1. The predicted molar refractivity (Wildman–Crippen MR) is 77.5 cm³/mol. The van der Waals surface area contributed by atoms with E-state index < -0.39 is 0 Å². The predicted octanol–water partition coefficient (Wildman–Crippen LogP) is 4.70. The van der Waals surface area contributed by atoms with Crippen molar-refractivity contribution in [1.29, 1.82) is 0 Å². The molecule has 18 heavy (non-hydrogen) atoms. The molecule has 2 rings (SSSR count). The molecule has 0 spiro atoms. The molecule has 0 N–H and O–H groups in total. The summed E-state index contributed by atoms with van der Waals surface area (Å²) in [6.45, 7) is 13.4. The van der Waals surface area contributed by atoms with Crippen molar-refractivity contribution >= 4 is 5.65 Å². The SMILES string of the molecule is CC(C)c1cnc2c(C(C)C)cc(C(C)C)n2c1. The average molecular weight is 244 g/mol. The number of hydrogen-bond donors (Lipinski definition) is 0. The fourth-order valence-electron chi connectivity index (χ4n) is 2.31. The van der Waals surface area contributed by atoms with Crippen molar-refractivity contribution in [2.24, 2.45) is 0 Å². The molecule has 2 nitrogen and oxygen atoms in total. The smallest absolute Gasteiger partial charge is 0.140 e. The van der Waals surface area contributed by atoms with Gasteiger partial charge in [0, 0.05) is 18.1 Å². The molecule has 2 aromatic rings. The van der Waals surface area contributed by atoms with Gasteiger partial charge < -0.3 is 4.40 Å². The summed E-state index contributed by atoms with van der Waals surface area (Å²) in [5.74, 6) is 1.56. The minimum atomic E-state index is 0.518. The zero-order chi connectivity index (χ0) is 13.4. The van der Waals surface area contributed by atoms with E-state index in [-0.39, 0.29) is 0 Å². The maximum Gasteiger partial charge on any atom is 0.140 e. The minimum absolute atomic E-state index is 0.518. The average Bonchev–Trinajstić information content (AvgIpc) is 2.67. The van der Waals surface area contributed by atoms with Gasteiger partial charge >= 0.3 is 0 Å². The largest absolute Gasteiger partial charge is 0.305 e. The highest BCUT2D eigenvalue weighted by molar-refractivity contribution is 5.54. The van der Waals surface area contributed by atoms with Crippen LogP contribution in [0.2, 0.25) is 0 Å². The normalized spacial score (nSPS) is 12.3. The van der Waals surface area contributed by atoms with E-state index in [1.807, 2.05) is 6.20 Å². The van der Waals surface area contributed by atoms with Gasteiger partial charge in [-0.1, -0.05) is 41.5 Å². The molecule has 0 fully saturated rings. The van der Waals surface area contributed by atoms with Crippen LogP contribution in [-0.2, 0) is 0 Å². The van der Waals surface area contributed by atoms with Crippen LogP contribution in [0.25, 0.3) is 5.65 Å². The van der Waals surface area contributed by atoms with Crippen LogP contribution in [0.5, 0.6) is 0 Å². The monoisotopic (exact) mass is 244 g/mol. The summed E-state index contributed by atoms with van der Waals surface area (Å²) < 4.78 is 2.29. The molecule has 2 aromatic heterocycles. The van der Waals surface area contributed by atoms with Crippen molar-refractivity contribution < 1.29 is 0 Å². The molecule has 0 radical (unpaired) electrons. The van der Waals surface area contributed by atoms with Crippen molar-refractivity contribution in [3.63, 3.8) is 0 Å². The fraction of sp³-hybridized carbons (Fsp3) is 0.562. The highest BCUT2D eigenvalue weighted by Gasteiger charge is 2.15. The molecule has 0 bridgehead atoms. The molecule has 98 valence electrons. The van der Waals surface area contributed by atoms with E-state index in [0.717, 1.165) is 5.65 Å². The quantitative estimate of drug-likeness (QED) is 0.764. The number of rotatable bonds is 3. The van der Waals surface area contributed by atoms with Crippen LogP contribution in [0.3, 0.4) is 0 Å². The molecule has 2 heterocycles. The molecule has 0 aliphatic carbocycles. The first-order valence-corrected chi connectivity index (χ1v) is 6.92. The van der Waals surface area contributed by atoms with E-state index in [1.165, 1.54) is 16.8 Å². The summed E-state index contributed by atoms with van der Waals surface area (Å²) in [6.07, 6.45) is 4.28. The van der Waals surface area contributed by atoms with E-state index >= 15 is 0 Å². The molecule has 0 atom stereocenters. The number of fused-ring (bicyclic) bond motifs is 1. The Hall–Kier alpha value is -1.31. The zero-order valence-corrected chi connectivity index (χ0v) is 12.4. The lowest BCUT2D eigenvalue weighted by Crippen LogP contribution is -2.00. The molecule has 0 aromatic carbocycles. The molecule has 2 heteroatoms. The summed E-state index contributed by atoms with van der Waals surface area (Å²) in [5.41, 5.74) is 5.14. The Labute approximate surface area is 110 Å². The lowest BCUT2D eigenvalue weighted by atomic mass is 10.0. The Kier molecular flexibility index (Phi) is 3.47. The van der Waals surface area contributed by atoms with Crippen LogP contribution in [0.1, 0.15) is 76.1 Å². The third-order valence-corrected chi connectivity index (χ3v) is 3.56. The first-order chi connectivity index (χ1) is 8.41. The highest BCUT2D eigenvalue weighted by Crippen LogP contribution is 2.28. The summed E-state index contributed by atoms with van der Waals surface area (Å²) >= 11 is 0. The van der Waals surface area contributed by atoms with Gasteiger partial charge in [-0.05, 0) is 34.9 Å².